The highest BCUT2D eigenvalue weighted by Crippen LogP contribution is 2.12. The van der Waals surface area contributed by atoms with E-state index in [9.17, 15) is 4.79 Å². The summed E-state index contributed by atoms with van der Waals surface area (Å²) < 4.78 is 8.24. The van der Waals surface area contributed by atoms with E-state index in [4.69, 9.17) is 4.74 Å². The highest BCUT2D eigenvalue weighted by atomic mass is 79.9. The van der Waals surface area contributed by atoms with Crippen LogP contribution in [0, 0.1) is 0 Å². The number of carbonyl (C=O) groups is 1. The number of Topliss-reactive ketones (excluding diaryl/α,β-unsaturated/α-hetero) is 1. The van der Waals surface area contributed by atoms with Gasteiger partial charge in [-0.3, -0.25) is 4.79 Å². The van der Waals surface area contributed by atoms with E-state index in [1.807, 2.05) is 43.6 Å². The summed E-state index contributed by atoms with van der Waals surface area (Å²) >= 11 is 3.40. The van der Waals surface area contributed by atoms with Crippen LogP contribution in [-0.4, -0.2) is 17.0 Å². The summed E-state index contributed by atoms with van der Waals surface area (Å²) in [6.07, 6.45) is 1.85. The maximum atomic E-state index is 11.8. The van der Waals surface area contributed by atoms with Gasteiger partial charge >= 0.3 is 0 Å². The van der Waals surface area contributed by atoms with Crippen LogP contribution in [0.5, 0.6) is 0 Å². The first-order valence-electron chi connectivity index (χ1n) is 5.63. The molecule has 0 spiro atoms. The molecule has 94 valence electrons. The summed E-state index contributed by atoms with van der Waals surface area (Å²) in [5, 5.41) is 0. The average molecular weight is 308 g/mol. The van der Waals surface area contributed by atoms with Gasteiger partial charge in [0.2, 0.25) is 5.78 Å². The molecule has 0 bridgehead atoms. The first-order chi connectivity index (χ1) is 8.66. The van der Waals surface area contributed by atoms with Gasteiger partial charge in [0.25, 0.3) is 0 Å². The van der Waals surface area contributed by atoms with Crippen molar-refractivity contribution in [3.8, 4) is 0 Å². The molecule has 0 saturated heterocycles. The Bertz CT molecular complexity index is 548. The molecule has 0 amide bonds. The SMILES string of the molecule is Cn1cccc1C(=O)COCc1cccc(Br)c1. The molecule has 0 N–H and O–H groups in total. The predicted octanol–water partition coefficient (Wildman–Crippen LogP) is 3.19. The lowest BCUT2D eigenvalue weighted by Gasteiger charge is -2.05. The minimum atomic E-state index is -0.00232. The Morgan fingerprint density at radius 2 is 2.17 bits per heavy atom. The van der Waals surface area contributed by atoms with E-state index >= 15 is 0 Å². The number of halogens is 1. The van der Waals surface area contributed by atoms with E-state index in [1.165, 1.54) is 0 Å². The van der Waals surface area contributed by atoms with Crippen molar-refractivity contribution in [2.45, 2.75) is 6.61 Å². The Kier molecular flexibility index (Phi) is 4.33. The van der Waals surface area contributed by atoms with Crippen LogP contribution >= 0.6 is 15.9 Å². The fourth-order valence-electron chi connectivity index (χ4n) is 1.71. The van der Waals surface area contributed by atoms with Crippen molar-refractivity contribution in [1.29, 1.82) is 0 Å². The van der Waals surface area contributed by atoms with E-state index in [0.717, 1.165) is 10.0 Å². The van der Waals surface area contributed by atoms with Gasteiger partial charge < -0.3 is 9.30 Å². The number of carbonyl (C=O) groups excluding carboxylic acids is 1. The summed E-state index contributed by atoms with van der Waals surface area (Å²) in [4.78, 5) is 11.8. The Morgan fingerprint density at radius 1 is 1.33 bits per heavy atom. The molecule has 2 rings (SSSR count). The molecule has 1 heterocycles. The van der Waals surface area contributed by atoms with Crippen LogP contribution in [-0.2, 0) is 18.4 Å². The zero-order chi connectivity index (χ0) is 13.0. The van der Waals surface area contributed by atoms with Gasteiger partial charge in [0.15, 0.2) is 0 Å². The zero-order valence-corrected chi connectivity index (χ0v) is 11.7. The Morgan fingerprint density at radius 3 is 2.83 bits per heavy atom. The largest absolute Gasteiger partial charge is 0.369 e. The first kappa shape index (κ1) is 13.1. The van der Waals surface area contributed by atoms with Gasteiger partial charge in [-0.15, -0.1) is 0 Å². The van der Waals surface area contributed by atoms with Crippen molar-refractivity contribution < 1.29 is 9.53 Å². The summed E-state index contributed by atoms with van der Waals surface area (Å²) in [5.41, 5.74) is 1.72. The second-order valence-electron chi connectivity index (χ2n) is 4.05. The second-order valence-corrected chi connectivity index (χ2v) is 4.97. The number of aromatic nitrogens is 1. The van der Waals surface area contributed by atoms with Crippen molar-refractivity contribution in [3.63, 3.8) is 0 Å². The number of ether oxygens (including phenoxy) is 1. The standard InChI is InChI=1S/C14H14BrNO2/c1-16-7-3-6-13(16)14(17)10-18-9-11-4-2-5-12(15)8-11/h2-8H,9-10H2,1H3. The highest BCUT2D eigenvalue weighted by molar-refractivity contribution is 9.10. The Balaban J connectivity index is 1.86. The molecule has 0 radical (unpaired) electrons. The summed E-state index contributed by atoms with van der Waals surface area (Å²) in [7, 11) is 1.85. The summed E-state index contributed by atoms with van der Waals surface area (Å²) in [6, 6.07) is 11.5. The molecule has 1 aromatic carbocycles. The van der Waals surface area contributed by atoms with Gasteiger partial charge in [-0.25, -0.2) is 0 Å². The van der Waals surface area contributed by atoms with E-state index in [-0.39, 0.29) is 12.4 Å². The number of hydrogen-bond acceptors (Lipinski definition) is 2. The summed E-state index contributed by atoms with van der Waals surface area (Å²) in [6.45, 7) is 0.542. The molecule has 3 nitrogen and oxygen atoms in total. The maximum Gasteiger partial charge on any atom is 0.204 e. The van der Waals surface area contributed by atoms with Crippen molar-refractivity contribution in [2.75, 3.05) is 6.61 Å². The van der Waals surface area contributed by atoms with E-state index in [2.05, 4.69) is 15.9 Å². The number of aryl methyl sites for hydroxylation is 1. The quantitative estimate of drug-likeness (QED) is 0.794. The van der Waals surface area contributed by atoms with E-state index < -0.39 is 0 Å². The van der Waals surface area contributed by atoms with Gasteiger partial charge in [-0.05, 0) is 29.8 Å². The average Bonchev–Trinajstić information content (AvgIpc) is 2.75. The Hall–Kier alpha value is -1.39. The molecule has 0 atom stereocenters. The molecule has 4 heteroatoms. The van der Waals surface area contributed by atoms with Gasteiger partial charge in [-0.1, -0.05) is 28.1 Å². The van der Waals surface area contributed by atoms with Crippen LogP contribution in [0.15, 0.2) is 47.1 Å². The fraction of sp³-hybridized carbons (Fsp3) is 0.214. The maximum absolute atomic E-state index is 11.8. The topological polar surface area (TPSA) is 31.2 Å². The Labute approximate surface area is 115 Å². The van der Waals surface area contributed by atoms with Crippen LogP contribution in [0.1, 0.15) is 16.1 Å². The molecule has 0 aliphatic rings. The minimum absolute atomic E-state index is 0.00232. The van der Waals surface area contributed by atoms with Crippen LogP contribution < -0.4 is 0 Å². The summed E-state index contributed by atoms with van der Waals surface area (Å²) in [5.74, 6) is -0.00232. The van der Waals surface area contributed by atoms with E-state index in [1.54, 1.807) is 10.6 Å². The van der Waals surface area contributed by atoms with Gasteiger partial charge in [0.1, 0.15) is 6.61 Å². The second kappa shape index (κ2) is 5.98. The lowest BCUT2D eigenvalue weighted by molar-refractivity contribution is 0.0718. The molecule has 0 fully saturated rings. The third-order valence-corrected chi connectivity index (χ3v) is 3.11. The lowest BCUT2D eigenvalue weighted by Crippen LogP contribution is -2.12. The molecular formula is C14H14BrNO2. The molecule has 2 aromatic rings. The number of hydrogen-bond donors (Lipinski definition) is 0. The van der Waals surface area contributed by atoms with Crippen molar-refractivity contribution >= 4 is 21.7 Å². The molecule has 18 heavy (non-hydrogen) atoms. The smallest absolute Gasteiger partial charge is 0.204 e. The van der Waals surface area contributed by atoms with Crippen LogP contribution in [0.2, 0.25) is 0 Å². The molecule has 0 aliphatic heterocycles. The predicted molar refractivity (Wildman–Crippen MR) is 73.5 cm³/mol. The number of benzene rings is 1. The normalized spacial score (nSPS) is 10.6. The molecule has 1 aromatic heterocycles. The van der Waals surface area contributed by atoms with Gasteiger partial charge in [0, 0.05) is 17.7 Å². The monoisotopic (exact) mass is 307 g/mol. The number of nitrogens with zero attached hydrogens (tertiary/aromatic N) is 1. The highest BCUT2D eigenvalue weighted by Gasteiger charge is 2.08. The van der Waals surface area contributed by atoms with Gasteiger partial charge in [0.05, 0.1) is 12.3 Å². The van der Waals surface area contributed by atoms with Crippen molar-refractivity contribution in [3.05, 3.63) is 58.3 Å². The molecular weight excluding hydrogens is 294 g/mol. The molecule has 0 aliphatic carbocycles. The van der Waals surface area contributed by atoms with Crippen LogP contribution in [0.4, 0.5) is 0 Å². The van der Waals surface area contributed by atoms with Crippen LogP contribution in [0.3, 0.4) is 0 Å². The molecule has 0 saturated carbocycles. The van der Waals surface area contributed by atoms with E-state index in [0.29, 0.717) is 12.3 Å². The fourth-order valence-corrected chi connectivity index (χ4v) is 2.16. The molecule has 0 unspecified atom stereocenters. The first-order valence-corrected chi connectivity index (χ1v) is 6.43. The van der Waals surface area contributed by atoms with Crippen molar-refractivity contribution in [2.24, 2.45) is 7.05 Å². The van der Waals surface area contributed by atoms with Crippen molar-refractivity contribution in [1.82, 2.24) is 4.57 Å². The number of ketones is 1. The third kappa shape index (κ3) is 3.31. The minimum Gasteiger partial charge on any atom is -0.369 e. The van der Waals surface area contributed by atoms with Crippen LogP contribution in [0.25, 0.3) is 0 Å². The third-order valence-electron chi connectivity index (χ3n) is 2.62. The van der Waals surface area contributed by atoms with Gasteiger partial charge in [-0.2, -0.15) is 0 Å². The lowest BCUT2D eigenvalue weighted by atomic mass is 10.2. The number of rotatable bonds is 5. The zero-order valence-electron chi connectivity index (χ0n) is 10.1.